The van der Waals surface area contributed by atoms with Gasteiger partial charge in [0.1, 0.15) is 10.6 Å². The smallest absolute Gasteiger partial charge is 0.338 e. The summed E-state index contributed by atoms with van der Waals surface area (Å²) in [5.41, 5.74) is 0.555. The number of hydrogen-bond acceptors (Lipinski definition) is 6. The fourth-order valence-corrected chi connectivity index (χ4v) is 3.32. The maximum absolute atomic E-state index is 12.4. The van der Waals surface area contributed by atoms with E-state index in [2.05, 4.69) is 5.32 Å². The van der Waals surface area contributed by atoms with Crippen molar-refractivity contribution < 1.29 is 27.5 Å². The summed E-state index contributed by atoms with van der Waals surface area (Å²) in [6.45, 7) is 1.43. The molecule has 0 unspecified atom stereocenters. The number of nitrogens with zero attached hydrogens (tertiary/aromatic N) is 1. The van der Waals surface area contributed by atoms with Gasteiger partial charge < -0.3 is 14.8 Å². The number of methoxy groups -OCH3 is 1. The number of para-hydroxylation sites is 1. The summed E-state index contributed by atoms with van der Waals surface area (Å²) >= 11 is 0. The number of rotatable bonds is 7. The summed E-state index contributed by atoms with van der Waals surface area (Å²) in [7, 11) is 0.233. The summed E-state index contributed by atoms with van der Waals surface area (Å²) in [5, 5.41) is 2.63. The molecular weight excluding hydrogens is 384 g/mol. The van der Waals surface area contributed by atoms with E-state index in [4.69, 9.17) is 9.47 Å². The lowest BCUT2D eigenvalue weighted by atomic mass is 10.2. The van der Waals surface area contributed by atoms with Crippen LogP contribution in [0.3, 0.4) is 0 Å². The van der Waals surface area contributed by atoms with Gasteiger partial charge in [-0.15, -0.1) is 0 Å². The molecule has 2 aromatic rings. The van der Waals surface area contributed by atoms with Gasteiger partial charge in [-0.05, 0) is 37.3 Å². The van der Waals surface area contributed by atoms with E-state index in [0.29, 0.717) is 5.69 Å². The molecule has 0 aromatic heterocycles. The van der Waals surface area contributed by atoms with Gasteiger partial charge in [0.15, 0.2) is 6.10 Å². The zero-order chi connectivity index (χ0) is 20.9. The van der Waals surface area contributed by atoms with Gasteiger partial charge >= 0.3 is 5.97 Å². The average molecular weight is 406 g/mol. The molecule has 0 saturated heterocycles. The molecule has 2 aromatic carbocycles. The molecule has 0 aliphatic heterocycles. The Bertz CT molecular complexity index is 958. The van der Waals surface area contributed by atoms with E-state index in [1.807, 2.05) is 6.07 Å². The predicted molar refractivity (Wildman–Crippen MR) is 104 cm³/mol. The largest absolute Gasteiger partial charge is 0.495 e. The van der Waals surface area contributed by atoms with E-state index >= 15 is 0 Å². The Kier molecular flexibility index (Phi) is 6.76. The van der Waals surface area contributed by atoms with Gasteiger partial charge in [0.05, 0.1) is 12.7 Å². The molecule has 8 nitrogen and oxygen atoms in total. The van der Waals surface area contributed by atoms with Crippen molar-refractivity contribution in [2.45, 2.75) is 17.9 Å². The zero-order valence-electron chi connectivity index (χ0n) is 16.0. The number of benzene rings is 2. The summed E-state index contributed by atoms with van der Waals surface area (Å²) in [6, 6.07) is 12.6. The van der Waals surface area contributed by atoms with Gasteiger partial charge in [-0.25, -0.2) is 17.5 Å². The predicted octanol–water partition coefficient (Wildman–Crippen LogP) is 2.13. The third kappa shape index (κ3) is 4.87. The van der Waals surface area contributed by atoms with Crippen LogP contribution in [0, 0.1) is 0 Å². The summed E-state index contributed by atoms with van der Waals surface area (Å²) in [5.74, 6) is -1.23. The van der Waals surface area contributed by atoms with E-state index in [1.165, 1.54) is 46.3 Å². The van der Waals surface area contributed by atoms with E-state index in [1.54, 1.807) is 24.3 Å². The lowest BCUT2D eigenvalue weighted by Crippen LogP contribution is -2.30. The van der Waals surface area contributed by atoms with Crippen LogP contribution >= 0.6 is 0 Å². The van der Waals surface area contributed by atoms with Crippen LogP contribution in [0.4, 0.5) is 5.69 Å². The summed E-state index contributed by atoms with van der Waals surface area (Å²) < 4.78 is 36.2. The van der Waals surface area contributed by atoms with Crippen LogP contribution in [0.5, 0.6) is 5.75 Å². The van der Waals surface area contributed by atoms with Gasteiger partial charge in [0.2, 0.25) is 10.0 Å². The van der Waals surface area contributed by atoms with E-state index in [0.717, 1.165) is 4.31 Å². The van der Waals surface area contributed by atoms with Crippen LogP contribution in [-0.4, -0.2) is 51.9 Å². The van der Waals surface area contributed by atoms with Crippen LogP contribution in [-0.2, 0) is 19.6 Å². The molecule has 9 heteroatoms. The quantitative estimate of drug-likeness (QED) is 0.707. The minimum Gasteiger partial charge on any atom is -0.495 e. The third-order valence-electron chi connectivity index (χ3n) is 3.85. The van der Waals surface area contributed by atoms with Crippen molar-refractivity contribution in [2.24, 2.45) is 0 Å². The maximum Gasteiger partial charge on any atom is 0.338 e. The fourth-order valence-electron chi connectivity index (χ4n) is 2.25. The van der Waals surface area contributed by atoms with Crippen molar-refractivity contribution in [1.82, 2.24) is 4.31 Å². The monoisotopic (exact) mass is 406 g/mol. The van der Waals surface area contributed by atoms with Crippen LogP contribution < -0.4 is 10.1 Å². The number of hydrogen-bond donors (Lipinski definition) is 1. The number of esters is 1. The molecular formula is C19H22N2O6S. The lowest BCUT2D eigenvalue weighted by molar-refractivity contribution is -0.123. The van der Waals surface area contributed by atoms with E-state index in [9.17, 15) is 18.0 Å². The van der Waals surface area contributed by atoms with E-state index < -0.39 is 28.0 Å². The molecule has 0 aliphatic carbocycles. The van der Waals surface area contributed by atoms with Crippen LogP contribution in [0.25, 0.3) is 0 Å². The number of ether oxygens (including phenoxy) is 2. The number of anilines is 1. The second-order valence-corrected chi connectivity index (χ2v) is 8.18. The van der Waals surface area contributed by atoms with Crippen molar-refractivity contribution in [3.05, 3.63) is 54.1 Å². The minimum absolute atomic E-state index is 0.0133. The molecule has 0 bridgehead atoms. The highest BCUT2D eigenvalue weighted by Crippen LogP contribution is 2.27. The molecule has 0 fully saturated rings. The highest BCUT2D eigenvalue weighted by atomic mass is 32.2. The maximum atomic E-state index is 12.4. The highest BCUT2D eigenvalue weighted by Gasteiger charge is 2.25. The van der Waals surface area contributed by atoms with Crippen molar-refractivity contribution >= 4 is 27.6 Å². The average Bonchev–Trinajstić information content (AvgIpc) is 2.67. The zero-order valence-corrected chi connectivity index (χ0v) is 16.8. The van der Waals surface area contributed by atoms with Gasteiger partial charge in [-0.3, -0.25) is 4.79 Å². The Morgan fingerprint density at radius 1 is 1.07 bits per heavy atom. The number of carbonyl (C=O) groups excluding carboxylic acids is 2. The lowest BCUT2D eigenvalue weighted by Gasteiger charge is -2.16. The van der Waals surface area contributed by atoms with Gasteiger partial charge in [-0.2, -0.15) is 0 Å². The van der Waals surface area contributed by atoms with Crippen molar-refractivity contribution in [2.75, 3.05) is 26.5 Å². The number of sulfonamides is 1. The van der Waals surface area contributed by atoms with Crippen molar-refractivity contribution in [3.63, 3.8) is 0 Å². The second kappa shape index (κ2) is 8.85. The first kappa shape index (κ1) is 21.4. The fraction of sp³-hybridized carbons (Fsp3) is 0.263. The molecule has 0 heterocycles. The first-order valence-corrected chi connectivity index (χ1v) is 9.78. The van der Waals surface area contributed by atoms with Crippen LogP contribution in [0.2, 0.25) is 0 Å². The molecule has 1 N–H and O–H groups in total. The first-order valence-electron chi connectivity index (χ1n) is 8.34. The Morgan fingerprint density at radius 3 is 2.29 bits per heavy atom. The minimum atomic E-state index is -3.84. The molecule has 0 saturated carbocycles. The van der Waals surface area contributed by atoms with Gasteiger partial charge in [0.25, 0.3) is 5.91 Å². The number of carbonyl (C=O) groups is 2. The standard InChI is InChI=1S/C19H22N2O6S/c1-13(18(22)20-15-8-6-5-7-9-15)27-19(23)14-10-11-16(26-4)17(12-14)28(24,25)21(2)3/h5-13H,1-4H3,(H,20,22)/t13-/m1/s1. The molecule has 2 rings (SSSR count). The SMILES string of the molecule is COc1ccc(C(=O)O[C@H](C)C(=O)Nc2ccccc2)cc1S(=O)(=O)N(C)C. The molecule has 150 valence electrons. The molecule has 0 radical (unpaired) electrons. The Labute approximate surface area is 164 Å². The topological polar surface area (TPSA) is 102 Å². The molecule has 0 aliphatic rings. The van der Waals surface area contributed by atoms with Gasteiger partial charge in [-0.1, -0.05) is 18.2 Å². The van der Waals surface area contributed by atoms with Gasteiger partial charge in [0, 0.05) is 19.8 Å². The second-order valence-electron chi connectivity index (χ2n) is 6.06. The Hall–Kier alpha value is -2.91. The number of nitrogens with one attached hydrogen (secondary N) is 1. The Morgan fingerprint density at radius 2 is 1.71 bits per heavy atom. The van der Waals surface area contributed by atoms with E-state index in [-0.39, 0.29) is 16.2 Å². The summed E-state index contributed by atoms with van der Waals surface area (Å²) in [6.07, 6.45) is -1.08. The van der Waals surface area contributed by atoms with Crippen molar-refractivity contribution in [3.8, 4) is 5.75 Å². The third-order valence-corrected chi connectivity index (χ3v) is 5.69. The van der Waals surface area contributed by atoms with Crippen LogP contribution in [0.1, 0.15) is 17.3 Å². The first-order chi connectivity index (χ1) is 13.2. The molecule has 28 heavy (non-hydrogen) atoms. The molecule has 0 spiro atoms. The normalized spacial score (nSPS) is 12.3. The van der Waals surface area contributed by atoms with Crippen molar-refractivity contribution in [1.29, 1.82) is 0 Å². The molecule has 1 amide bonds. The Balaban J connectivity index is 2.19. The molecule has 1 atom stereocenters. The number of amides is 1. The summed E-state index contributed by atoms with van der Waals surface area (Å²) in [4.78, 5) is 24.4. The highest BCUT2D eigenvalue weighted by molar-refractivity contribution is 7.89. The van der Waals surface area contributed by atoms with Crippen LogP contribution in [0.15, 0.2) is 53.4 Å².